The highest BCUT2D eigenvalue weighted by molar-refractivity contribution is 7.80. The fraction of sp³-hybridized carbons (Fsp3) is 0.909. The Labute approximate surface area is 92.8 Å². The van der Waals surface area contributed by atoms with E-state index in [1.54, 1.807) is 0 Å². The van der Waals surface area contributed by atoms with Crippen LogP contribution in [-0.4, -0.2) is 29.0 Å². The summed E-state index contributed by atoms with van der Waals surface area (Å²) in [4.78, 5) is 3.11. The second-order valence-corrected chi connectivity index (χ2v) is 5.25. The van der Waals surface area contributed by atoms with Crippen LogP contribution >= 0.6 is 12.2 Å². The highest BCUT2D eigenvalue weighted by atomic mass is 32.1. The summed E-state index contributed by atoms with van der Waals surface area (Å²) in [6.45, 7) is 6.43. The maximum atomic E-state index is 5.63. The molecule has 0 aliphatic heterocycles. The molecule has 82 valence electrons. The molecule has 14 heavy (non-hydrogen) atoms. The fourth-order valence-corrected chi connectivity index (χ4v) is 2.45. The zero-order valence-corrected chi connectivity index (χ0v) is 10.1. The molecule has 0 bridgehead atoms. The molecule has 0 saturated heterocycles. The minimum Gasteiger partial charge on any atom is -0.392 e. The molecule has 1 saturated carbocycles. The predicted octanol–water partition coefficient (Wildman–Crippen LogP) is 2.17. The molecule has 3 heteroatoms. The summed E-state index contributed by atoms with van der Waals surface area (Å²) in [5, 5.41) is 0. The van der Waals surface area contributed by atoms with Crippen LogP contribution in [0.4, 0.5) is 0 Å². The lowest BCUT2D eigenvalue weighted by Crippen LogP contribution is -2.41. The van der Waals surface area contributed by atoms with Gasteiger partial charge in [-0.15, -0.1) is 0 Å². The van der Waals surface area contributed by atoms with Crippen LogP contribution in [0.5, 0.6) is 0 Å². The largest absolute Gasteiger partial charge is 0.392 e. The van der Waals surface area contributed by atoms with Crippen LogP contribution < -0.4 is 5.73 Å². The molecule has 1 aliphatic carbocycles. The molecule has 0 spiro atoms. The summed E-state index contributed by atoms with van der Waals surface area (Å²) in [5.74, 6) is 0.699. The van der Waals surface area contributed by atoms with Gasteiger partial charge in [0.05, 0.1) is 4.99 Å². The van der Waals surface area contributed by atoms with Crippen molar-refractivity contribution in [3.8, 4) is 0 Å². The Morgan fingerprint density at radius 2 is 2.00 bits per heavy atom. The Morgan fingerprint density at radius 3 is 2.43 bits per heavy atom. The van der Waals surface area contributed by atoms with Gasteiger partial charge in [-0.1, -0.05) is 38.9 Å². The Hall–Kier alpha value is -0.150. The average molecular weight is 214 g/mol. The van der Waals surface area contributed by atoms with Crippen molar-refractivity contribution in [3.05, 3.63) is 0 Å². The molecule has 2 N–H and O–H groups in total. The lowest BCUT2D eigenvalue weighted by atomic mass is 10.1. The molecule has 1 fully saturated rings. The van der Waals surface area contributed by atoms with Crippen LogP contribution in [0.15, 0.2) is 0 Å². The van der Waals surface area contributed by atoms with E-state index >= 15 is 0 Å². The molecule has 0 unspecified atom stereocenters. The molecule has 1 aliphatic rings. The third-order valence-corrected chi connectivity index (χ3v) is 2.93. The van der Waals surface area contributed by atoms with E-state index in [-0.39, 0.29) is 0 Å². The van der Waals surface area contributed by atoms with Gasteiger partial charge < -0.3 is 5.73 Å². The Morgan fingerprint density at radius 1 is 1.43 bits per heavy atom. The van der Waals surface area contributed by atoms with Crippen LogP contribution in [0.3, 0.4) is 0 Å². The summed E-state index contributed by atoms with van der Waals surface area (Å²) in [5.41, 5.74) is 5.63. The van der Waals surface area contributed by atoms with Crippen molar-refractivity contribution >= 4 is 17.2 Å². The Kier molecular flexibility index (Phi) is 4.82. The maximum Gasteiger partial charge on any atom is 0.0870 e. The third kappa shape index (κ3) is 3.93. The minimum atomic E-state index is 0.637. The van der Waals surface area contributed by atoms with Crippen molar-refractivity contribution in [2.24, 2.45) is 11.7 Å². The molecule has 0 heterocycles. The van der Waals surface area contributed by atoms with Crippen LogP contribution in [0.25, 0.3) is 0 Å². The van der Waals surface area contributed by atoms with E-state index in [9.17, 15) is 0 Å². The van der Waals surface area contributed by atoms with Crippen molar-refractivity contribution in [2.75, 3.05) is 13.1 Å². The third-order valence-electron chi connectivity index (χ3n) is 2.80. The molecule has 0 radical (unpaired) electrons. The molecule has 0 aromatic heterocycles. The molecule has 0 atom stereocenters. The Bertz CT molecular complexity index is 186. The van der Waals surface area contributed by atoms with Gasteiger partial charge in [0.1, 0.15) is 0 Å². The topological polar surface area (TPSA) is 29.3 Å². The Balaban J connectivity index is 2.46. The molecule has 0 amide bonds. The lowest BCUT2D eigenvalue weighted by Gasteiger charge is -2.29. The van der Waals surface area contributed by atoms with Crippen LogP contribution in [0.1, 0.15) is 39.5 Å². The van der Waals surface area contributed by atoms with Gasteiger partial charge in [0.2, 0.25) is 0 Å². The quantitative estimate of drug-likeness (QED) is 0.711. The van der Waals surface area contributed by atoms with Crippen LogP contribution in [0, 0.1) is 5.92 Å². The van der Waals surface area contributed by atoms with E-state index in [0.717, 1.165) is 19.1 Å². The fourth-order valence-electron chi connectivity index (χ4n) is 2.28. The van der Waals surface area contributed by atoms with Gasteiger partial charge in [-0.2, -0.15) is 0 Å². The summed E-state index contributed by atoms with van der Waals surface area (Å²) in [6.07, 6.45) is 5.40. The molecular formula is C11H22N2S. The zero-order valence-electron chi connectivity index (χ0n) is 9.33. The van der Waals surface area contributed by atoms with E-state index < -0.39 is 0 Å². The van der Waals surface area contributed by atoms with Gasteiger partial charge >= 0.3 is 0 Å². The highest BCUT2D eigenvalue weighted by Gasteiger charge is 2.23. The first-order chi connectivity index (χ1) is 6.59. The summed E-state index contributed by atoms with van der Waals surface area (Å²) >= 11 is 5.00. The van der Waals surface area contributed by atoms with Crippen LogP contribution in [-0.2, 0) is 0 Å². The van der Waals surface area contributed by atoms with E-state index in [0.29, 0.717) is 10.9 Å². The standard InChI is InChI=1S/C11H22N2S/c1-9(2)7-13(8-11(12)14)10-5-3-4-6-10/h9-10H,3-8H2,1-2H3,(H2,12,14). The zero-order chi connectivity index (χ0) is 10.6. The smallest absolute Gasteiger partial charge is 0.0870 e. The van der Waals surface area contributed by atoms with Crippen molar-refractivity contribution in [1.29, 1.82) is 0 Å². The lowest BCUT2D eigenvalue weighted by molar-refractivity contribution is 0.203. The van der Waals surface area contributed by atoms with Gasteiger partial charge in [0.25, 0.3) is 0 Å². The molecular weight excluding hydrogens is 192 g/mol. The SMILES string of the molecule is CC(C)CN(CC(N)=S)C1CCCC1. The monoisotopic (exact) mass is 214 g/mol. The van der Waals surface area contributed by atoms with Gasteiger partial charge in [0.15, 0.2) is 0 Å². The molecule has 1 rings (SSSR count). The molecule has 0 aromatic rings. The van der Waals surface area contributed by atoms with E-state index in [4.69, 9.17) is 18.0 Å². The van der Waals surface area contributed by atoms with Crippen molar-refractivity contribution < 1.29 is 0 Å². The van der Waals surface area contributed by atoms with Crippen molar-refractivity contribution in [1.82, 2.24) is 4.90 Å². The number of hydrogen-bond acceptors (Lipinski definition) is 2. The second kappa shape index (κ2) is 5.66. The second-order valence-electron chi connectivity index (χ2n) is 4.73. The van der Waals surface area contributed by atoms with E-state index in [1.165, 1.54) is 25.7 Å². The number of rotatable bonds is 5. The number of nitrogens with two attached hydrogens (primary N) is 1. The van der Waals surface area contributed by atoms with Crippen molar-refractivity contribution in [3.63, 3.8) is 0 Å². The van der Waals surface area contributed by atoms with E-state index in [2.05, 4.69) is 18.7 Å². The molecule has 0 aromatic carbocycles. The van der Waals surface area contributed by atoms with Gasteiger partial charge in [-0.3, -0.25) is 4.90 Å². The summed E-state index contributed by atoms with van der Waals surface area (Å²) in [7, 11) is 0. The normalized spacial score (nSPS) is 18.3. The molecule has 2 nitrogen and oxygen atoms in total. The summed E-state index contributed by atoms with van der Waals surface area (Å²) in [6, 6.07) is 0.735. The minimum absolute atomic E-state index is 0.637. The summed E-state index contributed by atoms with van der Waals surface area (Å²) < 4.78 is 0. The number of nitrogens with zero attached hydrogens (tertiary/aromatic N) is 1. The maximum absolute atomic E-state index is 5.63. The number of hydrogen-bond donors (Lipinski definition) is 1. The first-order valence-corrected chi connectivity index (χ1v) is 6.02. The van der Waals surface area contributed by atoms with Gasteiger partial charge in [0, 0.05) is 19.1 Å². The van der Waals surface area contributed by atoms with E-state index in [1.807, 2.05) is 0 Å². The van der Waals surface area contributed by atoms with Gasteiger partial charge in [-0.05, 0) is 18.8 Å². The first-order valence-electron chi connectivity index (χ1n) is 5.62. The predicted molar refractivity (Wildman–Crippen MR) is 65.5 cm³/mol. The highest BCUT2D eigenvalue weighted by Crippen LogP contribution is 2.23. The number of thiocarbonyl (C=S) groups is 1. The van der Waals surface area contributed by atoms with Crippen molar-refractivity contribution in [2.45, 2.75) is 45.6 Å². The first kappa shape index (κ1) is 11.9. The van der Waals surface area contributed by atoms with Crippen LogP contribution in [0.2, 0.25) is 0 Å². The van der Waals surface area contributed by atoms with Gasteiger partial charge in [-0.25, -0.2) is 0 Å². The average Bonchev–Trinajstić information content (AvgIpc) is 2.52.